The summed E-state index contributed by atoms with van der Waals surface area (Å²) in [6, 6.07) is 0. The predicted octanol–water partition coefficient (Wildman–Crippen LogP) is 2.55. The van der Waals surface area contributed by atoms with Gasteiger partial charge in [0, 0.05) is 29.6 Å². The zero-order valence-corrected chi connectivity index (χ0v) is 12.3. The van der Waals surface area contributed by atoms with E-state index in [1.54, 1.807) is 0 Å². The zero-order chi connectivity index (χ0) is 10.8. The van der Waals surface area contributed by atoms with Crippen LogP contribution in [0.5, 0.6) is 0 Å². The standard InChI is InChI=1S/C11H21NO2.Na/c1-3-4-5-6-7-8-9-14-11(13)10(2)12;/h12H,3-9H2,1-2H3;. The van der Waals surface area contributed by atoms with Gasteiger partial charge in [-0.25, -0.2) is 4.79 Å². The van der Waals surface area contributed by atoms with Crippen LogP contribution in [0.15, 0.2) is 0 Å². The van der Waals surface area contributed by atoms with Crippen molar-refractivity contribution in [1.29, 1.82) is 5.41 Å². The number of ether oxygens (including phenoxy) is 1. The Bertz CT molecular complexity index is 183. The third-order valence-corrected chi connectivity index (χ3v) is 2.04. The third kappa shape index (κ3) is 12.1. The molecule has 0 unspecified atom stereocenters. The molecule has 0 aliphatic rings. The smallest absolute Gasteiger partial charge is 0.351 e. The molecule has 4 heteroatoms. The topological polar surface area (TPSA) is 50.2 Å². The molecule has 15 heavy (non-hydrogen) atoms. The Morgan fingerprint density at radius 2 is 1.67 bits per heavy atom. The first-order valence-corrected chi connectivity index (χ1v) is 5.40. The zero-order valence-electron chi connectivity index (χ0n) is 10.3. The molecule has 0 aliphatic carbocycles. The number of hydrogen-bond donors (Lipinski definition) is 1. The van der Waals surface area contributed by atoms with Crippen molar-refractivity contribution < 1.29 is 9.53 Å². The summed E-state index contributed by atoms with van der Waals surface area (Å²) in [4.78, 5) is 10.8. The Morgan fingerprint density at radius 3 is 2.20 bits per heavy atom. The maximum atomic E-state index is 10.8. The van der Waals surface area contributed by atoms with E-state index in [4.69, 9.17) is 10.1 Å². The monoisotopic (exact) mass is 222 g/mol. The van der Waals surface area contributed by atoms with Crippen LogP contribution < -0.4 is 0 Å². The van der Waals surface area contributed by atoms with E-state index in [0.717, 1.165) is 12.8 Å². The second-order valence-corrected chi connectivity index (χ2v) is 3.53. The SMILES string of the molecule is CCCCCCCCOC(=O)C(C)=N.[Na]. The van der Waals surface area contributed by atoms with Crippen molar-refractivity contribution in [2.24, 2.45) is 0 Å². The molecule has 0 fully saturated rings. The first-order valence-electron chi connectivity index (χ1n) is 5.40. The molecule has 1 N–H and O–H groups in total. The van der Waals surface area contributed by atoms with E-state index in [9.17, 15) is 4.79 Å². The van der Waals surface area contributed by atoms with Gasteiger partial charge in [0.25, 0.3) is 0 Å². The molecule has 0 atom stereocenters. The van der Waals surface area contributed by atoms with E-state index < -0.39 is 5.97 Å². The largest absolute Gasteiger partial charge is 0.461 e. The van der Waals surface area contributed by atoms with Crippen molar-refractivity contribution in [1.82, 2.24) is 0 Å². The minimum absolute atomic E-state index is 0. The molecule has 3 nitrogen and oxygen atoms in total. The summed E-state index contributed by atoms with van der Waals surface area (Å²) in [5.41, 5.74) is -0.0176. The van der Waals surface area contributed by atoms with Gasteiger partial charge in [0.2, 0.25) is 0 Å². The van der Waals surface area contributed by atoms with E-state index in [-0.39, 0.29) is 35.3 Å². The fourth-order valence-electron chi connectivity index (χ4n) is 1.16. The number of esters is 1. The van der Waals surface area contributed by atoms with Crippen molar-refractivity contribution in [3.8, 4) is 0 Å². The van der Waals surface area contributed by atoms with Crippen molar-refractivity contribution >= 4 is 41.2 Å². The van der Waals surface area contributed by atoms with Crippen molar-refractivity contribution in [3.05, 3.63) is 0 Å². The van der Waals surface area contributed by atoms with Gasteiger partial charge in [0.05, 0.1) is 6.61 Å². The van der Waals surface area contributed by atoms with Crippen LogP contribution in [0, 0.1) is 5.41 Å². The summed E-state index contributed by atoms with van der Waals surface area (Å²) in [6.45, 7) is 4.10. The summed E-state index contributed by atoms with van der Waals surface area (Å²) < 4.78 is 4.85. The van der Waals surface area contributed by atoms with E-state index in [1.807, 2.05) is 0 Å². The Morgan fingerprint density at radius 1 is 1.13 bits per heavy atom. The Balaban J connectivity index is 0. The van der Waals surface area contributed by atoms with Gasteiger partial charge in [-0.05, 0) is 13.3 Å². The summed E-state index contributed by atoms with van der Waals surface area (Å²) in [5, 5.41) is 7.00. The van der Waals surface area contributed by atoms with Crippen molar-refractivity contribution in [2.45, 2.75) is 52.4 Å². The fraction of sp³-hybridized carbons (Fsp3) is 0.818. The molecule has 0 aliphatic heterocycles. The molecule has 0 saturated carbocycles. The molecule has 0 bridgehead atoms. The maximum Gasteiger partial charge on any atom is 0.351 e. The van der Waals surface area contributed by atoms with Crippen LogP contribution in [-0.2, 0) is 9.53 Å². The molecule has 1 radical (unpaired) electrons. The normalized spacial score (nSPS) is 9.20. The third-order valence-electron chi connectivity index (χ3n) is 2.04. The van der Waals surface area contributed by atoms with Crippen molar-refractivity contribution in [3.63, 3.8) is 0 Å². The van der Waals surface area contributed by atoms with Gasteiger partial charge in [-0.15, -0.1) is 0 Å². The van der Waals surface area contributed by atoms with Crippen LogP contribution in [0.4, 0.5) is 0 Å². The molecule has 0 aromatic rings. The number of nitrogens with one attached hydrogen (secondary N) is 1. The van der Waals surface area contributed by atoms with E-state index in [1.165, 1.54) is 32.6 Å². The number of hydrogen-bond acceptors (Lipinski definition) is 3. The minimum atomic E-state index is -0.487. The van der Waals surface area contributed by atoms with Gasteiger partial charge in [-0.1, -0.05) is 39.0 Å². The average molecular weight is 222 g/mol. The number of carbonyl (C=O) groups excluding carboxylic acids is 1. The summed E-state index contributed by atoms with van der Waals surface area (Å²) in [6.07, 6.45) is 7.07. The molecule has 0 spiro atoms. The first-order chi connectivity index (χ1) is 6.68. The van der Waals surface area contributed by atoms with Crippen LogP contribution in [0.25, 0.3) is 0 Å². The fourth-order valence-corrected chi connectivity index (χ4v) is 1.16. The number of unbranched alkanes of at least 4 members (excludes halogenated alkanes) is 5. The van der Waals surface area contributed by atoms with E-state index in [0.29, 0.717) is 6.61 Å². The first kappa shape index (κ1) is 17.5. The van der Waals surface area contributed by atoms with Gasteiger partial charge in [-0.2, -0.15) is 0 Å². The molecule has 0 rings (SSSR count). The average Bonchev–Trinajstić information content (AvgIpc) is 2.16. The molecule has 83 valence electrons. The van der Waals surface area contributed by atoms with Gasteiger partial charge >= 0.3 is 5.97 Å². The Kier molecular flexibility index (Phi) is 14.3. The van der Waals surface area contributed by atoms with Crippen LogP contribution in [0.3, 0.4) is 0 Å². The Hall–Kier alpha value is 0.140. The summed E-state index contributed by atoms with van der Waals surface area (Å²) in [5.74, 6) is -0.487. The van der Waals surface area contributed by atoms with Gasteiger partial charge in [0.15, 0.2) is 0 Å². The summed E-state index contributed by atoms with van der Waals surface area (Å²) in [7, 11) is 0. The van der Waals surface area contributed by atoms with Crippen molar-refractivity contribution in [2.75, 3.05) is 6.61 Å². The van der Waals surface area contributed by atoms with E-state index in [2.05, 4.69) is 6.92 Å². The molecular formula is C11H21NNaO2. The molecule has 0 amide bonds. The van der Waals surface area contributed by atoms with E-state index >= 15 is 0 Å². The Labute approximate surface area is 115 Å². The number of carbonyl (C=O) groups is 1. The molecule has 0 aromatic heterocycles. The van der Waals surface area contributed by atoms with Crippen LogP contribution in [0.2, 0.25) is 0 Å². The molecule has 0 saturated heterocycles. The second kappa shape index (κ2) is 12.2. The minimum Gasteiger partial charge on any atom is -0.461 e. The molecular weight excluding hydrogens is 201 g/mol. The van der Waals surface area contributed by atoms with Gasteiger partial charge < -0.3 is 4.74 Å². The molecule has 0 heterocycles. The predicted molar refractivity (Wildman–Crippen MR) is 63.5 cm³/mol. The van der Waals surface area contributed by atoms with Crippen LogP contribution in [-0.4, -0.2) is 47.8 Å². The second-order valence-electron chi connectivity index (χ2n) is 3.53. The van der Waals surface area contributed by atoms with Crippen LogP contribution in [0.1, 0.15) is 52.4 Å². The number of rotatable bonds is 8. The van der Waals surface area contributed by atoms with Gasteiger partial charge in [0.1, 0.15) is 5.71 Å². The van der Waals surface area contributed by atoms with Crippen LogP contribution >= 0.6 is 0 Å². The quantitative estimate of drug-likeness (QED) is 0.297. The summed E-state index contributed by atoms with van der Waals surface area (Å²) >= 11 is 0. The maximum absolute atomic E-state index is 10.8. The molecule has 0 aromatic carbocycles. The van der Waals surface area contributed by atoms with Gasteiger partial charge in [-0.3, -0.25) is 5.41 Å².